The number of Topliss-reactive ketones (excluding diaryl/α,β-unsaturated/α-hetero) is 2. The third-order valence-corrected chi connectivity index (χ3v) is 2.07. The summed E-state index contributed by atoms with van der Waals surface area (Å²) in [6, 6.07) is 8.04. The first-order valence-electron chi connectivity index (χ1n) is 4.93. The number of halogens is 1. The Morgan fingerprint density at radius 2 is 1.87 bits per heavy atom. The summed E-state index contributed by atoms with van der Waals surface area (Å²) >= 11 is 0. The van der Waals surface area contributed by atoms with E-state index in [2.05, 4.69) is 0 Å². The molecule has 1 rings (SSSR count). The van der Waals surface area contributed by atoms with Gasteiger partial charge in [0.25, 0.3) is 0 Å². The van der Waals surface area contributed by atoms with E-state index < -0.39 is 17.7 Å². The summed E-state index contributed by atoms with van der Waals surface area (Å²) in [5.41, 5.74) is 0.245. The molecule has 0 amide bonds. The molecular formula is C12H13FO2. The zero-order valence-corrected chi connectivity index (χ0v) is 8.57. The van der Waals surface area contributed by atoms with Crippen LogP contribution in [-0.4, -0.2) is 17.7 Å². The van der Waals surface area contributed by atoms with Gasteiger partial charge in [-0.05, 0) is 6.42 Å². The van der Waals surface area contributed by atoms with Gasteiger partial charge < -0.3 is 0 Å². The Kier molecular flexibility index (Phi) is 4.16. The topological polar surface area (TPSA) is 34.1 Å². The quantitative estimate of drug-likeness (QED) is 0.550. The molecule has 0 radical (unpaired) electrons. The van der Waals surface area contributed by atoms with Crippen molar-refractivity contribution >= 4 is 11.6 Å². The molecule has 3 heteroatoms. The fraction of sp³-hybridized carbons (Fsp3) is 0.333. The van der Waals surface area contributed by atoms with Gasteiger partial charge in [-0.3, -0.25) is 9.59 Å². The van der Waals surface area contributed by atoms with Crippen LogP contribution in [0.4, 0.5) is 4.39 Å². The Balaban J connectivity index is 2.73. The van der Waals surface area contributed by atoms with Gasteiger partial charge in [-0.1, -0.05) is 37.3 Å². The van der Waals surface area contributed by atoms with Crippen molar-refractivity contribution in [2.75, 3.05) is 0 Å². The standard InChI is InChI=1S/C12H13FO2/c1-2-6-10(14)11(13)12(15)9-7-4-3-5-8-9/h3-5,7-8,11H,2,6H2,1H3. The summed E-state index contributed by atoms with van der Waals surface area (Å²) in [6.45, 7) is 1.78. The Bertz CT molecular complexity index is 346. The minimum absolute atomic E-state index is 0.111. The molecule has 0 aromatic heterocycles. The highest BCUT2D eigenvalue weighted by Gasteiger charge is 2.25. The average molecular weight is 208 g/mol. The van der Waals surface area contributed by atoms with Gasteiger partial charge in [-0.25, -0.2) is 4.39 Å². The van der Waals surface area contributed by atoms with Crippen molar-refractivity contribution in [3.63, 3.8) is 0 Å². The van der Waals surface area contributed by atoms with Crippen LogP contribution in [-0.2, 0) is 4.79 Å². The summed E-state index contributed by atoms with van der Waals surface area (Å²) in [6.07, 6.45) is -1.34. The smallest absolute Gasteiger partial charge is 0.220 e. The van der Waals surface area contributed by atoms with E-state index in [1.54, 1.807) is 25.1 Å². The van der Waals surface area contributed by atoms with Gasteiger partial charge in [0.05, 0.1) is 0 Å². The van der Waals surface area contributed by atoms with Crippen LogP contribution in [0.3, 0.4) is 0 Å². The zero-order chi connectivity index (χ0) is 11.3. The molecule has 1 aromatic rings. The molecule has 0 saturated heterocycles. The number of alkyl halides is 1. The second kappa shape index (κ2) is 5.39. The van der Waals surface area contributed by atoms with Gasteiger partial charge in [-0.2, -0.15) is 0 Å². The third kappa shape index (κ3) is 2.98. The van der Waals surface area contributed by atoms with Crippen LogP contribution < -0.4 is 0 Å². The Morgan fingerprint density at radius 3 is 2.40 bits per heavy atom. The van der Waals surface area contributed by atoms with Crippen LogP contribution in [0.2, 0.25) is 0 Å². The lowest BCUT2D eigenvalue weighted by atomic mass is 10.0. The predicted octanol–water partition coefficient (Wildman–Crippen LogP) is 2.58. The number of benzene rings is 1. The molecule has 2 nitrogen and oxygen atoms in total. The summed E-state index contributed by atoms with van der Waals surface area (Å²) in [7, 11) is 0. The largest absolute Gasteiger partial charge is 0.296 e. The summed E-state index contributed by atoms with van der Waals surface area (Å²) < 4.78 is 13.4. The van der Waals surface area contributed by atoms with E-state index in [1.165, 1.54) is 12.1 Å². The third-order valence-electron chi connectivity index (χ3n) is 2.07. The molecule has 0 N–H and O–H groups in total. The summed E-state index contributed by atoms with van der Waals surface area (Å²) in [4.78, 5) is 22.6. The number of carbonyl (C=O) groups is 2. The first-order chi connectivity index (χ1) is 7.16. The molecule has 0 bridgehead atoms. The number of hydrogen-bond donors (Lipinski definition) is 0. The normalized spacial score (nSPS) is 12.1. The van der Waals surface area contributed by atoms with Crippen molar-refractivity contribution in [3.05, 3.63) is 35.9 Å². The second-order valence-corrected chi connectivity index (χ2v) is 3.31. The fourth-order valence-corrected chi connectivity index (χ4v) is 1.27. The van der Waals surface area contributed by atoms with E-state index in [0.717, 1.165) is 0 Å². The molecule has 0 aliphatic rings. The Morgan fingerprint density at radius 1 is 1.27 bits per heavy atom. The number of rotatable bonds is 5. The van der Waals surface area contributed by atoms with Crippen LogP contribution in [0.1, 0.15) is 30.1 Å². The summed E-state index contributed by atoms with van der Waals surface area (Å²) in [5.74, 6) is -1.37. The maximum atomic E-state index is 13.4. The molecule has 15 heavy (non-hydrogen) atoms. The van der Waals surface area contributed by atoms with Crippen LogP contribution in [0, 0.1) is 0 Å². The highest BCUT2D eigenvalue weighted by molar-refractivity contribution is 6.13. The van der Waals surface area contributed by atoms with E-state index in [9.17, 15) is 14.0 Å². The first-order valence-corrected chi connectivity index (χ1v) is 4.93. The average Bonchev–Trinajstić information content (AvgIpc) is 2.28. The monoisotopic (exact) mass is 208 g/mol. The molecule has 0 spiro atoms. The van der Waals surface area contributed by atoms with E-state index in [-0.39, 0.29) is 12.0 Å². The molecule has 0 aliphatic carbocycles. The van der Waals surface area contributed by atoms with Crippen LogP contribution >= 0.6 is 0 Å². The van der Waals surface area contributed by atoms with Crippen LogP contribution in [0.25, 0.3) is 0 Å². The number of ketones is 2. The van der Waals surface area contributed by atoms with Gasteiger partial charge in [0.15, 0.2) is 5.78 Å². The van der Waals surface area contributed by atoms with Gasteiger partial charge in [0, 0.05) is 12.0 Å². The van der Waals surface area contributed by atoms with Gasteiger partial charge >= 0.3 is 0 Å². The van der Waals surface area contributed by atoms with Crippen molar-refractivity contribution in [2.45, 2.75) is 25.9 Å². The Labute approximate surface area is 88.1 Å². The molecule has 0 aliphatic heterocycles. The van der Waals surface area contributed by atoms with Crippen molar-refractivity contribution in [1.82, 2.24) is 0 Å². The van der Waals surface area contributed by atoms with Gasteiger partial charge in [0.1, 0.15) is 0 Å². The number of hydrogen-bond acceptors (Lipinski definition) is 2. The summed E-state index contributed by atoms with van der Waals surface area (Å²) in [5, 5.41) is 0. The SMILES string of the molecule is CCCC(=O)C(F)C(=O)c1ccccc1. The Hall–Kier alpha value is -1.51. The van der Waals surface area contributed by atoms with Crippen LogP contribution in [0.15, 0.2) is 30.3 Å². The van der Waals surface area contributed by atoms with Gasteiger partial charge in [0.2, 0.25) is 12.0 Å². The maximum Gasteiger partial charge on any atom is 0.220 e. The molecule has 0 saturated carbocycles. The molecule has 0 heterocycles. The van der Waals surface area contributed by atoms with Crippen molar-refractivity contribution in [1.29, 1.82) is 0 Å². The lowest BCUT2D eigenvalue weighted by Gasteiger charge is -2.05. The fourth-order valence-electron chi connectivity index (χ4n) is 1.27. The highest BCUT2D eigenvalue weighted by atomic mass is 19.1. The van der Waals surface area contributed by atoms with E-state index in [4.69, 9.17) is 0 Å². The van der Waals surface area contributed by atoms with E-state index >= 15 is 0 Å². The second-order valence-electron chi connectivity index (χ2n) is 3.31. The van der Waals surface area contributed by atoms with E-state index in [1.807, 2.05) is 0 Å². The predicted molar refractivity (Wildman–Crippen MR) is 55.6 cm³/mol. The lowest BCUT2D eigenvalue weighted by Crippen LogP contribution is -2.25. The van der Waals surface area contributed by atoms with Crippen LogP contribution in [0.5, 0.6) is 0 Å². The lowest BCUT2D eigenvalue weighted by molar-refractivity contribution is -0.122. The van der Waals surface area contributed by atoms with Crippen molar-refractivity contribution < 1.29 is 14.0 Å². The minimum Gasteiger partial charge on any atom is -0.296 e. The molecule has 1 aromatic carbocycles. The number of carbonyl (C=O) groups excluding carboxylic acids is 2. The highest BCUT2D eigenvalue weighted by Crippen LogP contribution is 2.09. The molecular weight excluding hydrogens is 195 g/mol. The maximum absolute atomic E-state index is 13.4. The molecule has 0 fully saturated rings. The molecule has 80 valence electrons. The molecule has 1 atom stereocenters. The van der Waals surface area contributed by atoms with E-state index in [0.29, 0.717) is 6.42 Å². The first kappa shape index (κ1) is 11.6. The van der Waals surface area contributed by atoms with Crippen molar-refractivity contribution in [2.24, 2.45) is 0 Å². The minimum atomic E-state index is -2.01. The molecule has 1 unspecified atom stereocenters. The van der Waals surface area contributed by atoms with Gasteiger partial charge in [-0.15, -0.1) is 0 Å². The zero-order valence-electron chi connectivity index (χ0n) is 8.57. The van der Waals surface area contributed by atoms with Crippen molar-refractivity contribution in [3.8, 4) is 0 Å².